The summed E-state index contributed by atoms with van der Waals surface area (Å²) in [7, 11) is -3.77. The monoisotopic (exact) mass is 373 g/mol. The zero-order valence-electron chi connectivity index (χ0n) is 11.7. The molecule has 0 fully saturated rings. The number of nitrogens with one attached hydrogen (secondary N) is 1. The van der Waals surface area contributed by atoms with Gasteiger partial charge in [0.25, 0.3) is 10.0 Å². The molecule has 0 atom stereocenters. The van der Waals surface area contributed by atoms with Gasteiger partial charge in [0.1, 0.15) is 12.4 Å². The van der Waals surface area contributed by atoms with Gasteiger partial charge in [-0.1, -0.05) is 41.4 Å². The number of rotatable bonds is 6. The normalized spacial score (nSPS) is 12.0. The topological polar surface area (TPSA) is 93.8 Å². The number of hydrogen-bond donors (Lipinski definition) is 2. The van der Waals surface area contributed by atoms with Gasteiger partial charge in [-0.3, -0.25) is 0 Å². The van der Waals surface area contributed by atoms with E-state index in [9.17, 15) is 8.42 Å². The van der Waals surface area contributed by atoms with Gasteiger partial charge in [-0.2, -0.15) is 13.2 Å². The van der Waals surface area contributed by atoms with E-state index in [2.05, 4.69) is 5.10 Å². The Hall–Kier alpha value is -1.96. The Morgan fingerprint density at radius 1 is 1.17 bits per heavy atom. The predicted octanol–water partition coefficient (Wildman–Crippen LogP) is 2.62. The zero-order chi connectivity index (χ0) is 16.9. The van der Waals surface area contributed by atoms with Crippen LogP contribution in [0.15, 0.2) is 58.5 Å². The molecular formula is C14H13Cl2N3O3S. The van der Waals surface area contributed by atoms with Crippen molar-refractivity contribution < 1.29 is 13.2 Å². The number of nitrogens with two attached hydrogens (primary N) is 1. The van der Waals surface area contributed by atoms with E-state index in [1.807, 2.05) is 4.83 Å². The van der Waals surface area contributed by atoms with Gasteiger partial charge in [-0.25, -0.2) is 0 Å². The molecule has 0 unspecified atom stereocenters. The number of amidine groups is 1. The molecule has 23 heavy (non-hydrogen) atoms. The highest BCUT2D eigenvalue weighted by Crippen LogP contribution is 2.27. The molecule has 122 valence electrons. The van der Waals surface area contributed by atoms with Crippen molar-refractivity contribution in [3.63, 3.8) is 0 Å². The fraction of sp³-hybridized carbons (Fsp3) is 0.0714. The van der Waals surface area contributed by atoms with E-state index < -0.39 is 10.0 Å². The highest BCUT2D eigenvalue weighted by atomic mass is 35.5. The largest absolute Gasteiger partial charge is 0.484 e. The summed E-state index contributed by atoms with van der Waals surface area (Å²) in [6.45, 7) is -0.140. The van der Waals surface area contributed by atoms with Gasteiger partial charge in [-0.05, 0) is 30.3 Å². The summed E-state index contributed by atoms with van der Waals surface area (Å²) >= 11 is 11.7. The van der Waals surface area contributed by atoms with Crippen LogP contribution in [-0.4, -0.2) is 20.9 Å². The Morgan fingerprint density at radius 3 is 2.52 bits per heavy atom. The minimum Gasteiger partial charge on any atom is -0.484 e. The van der Waals surface area contributed by atoms with Crippen molar-refractivity contribution in [3.05, 3.63) is 58.6 Å². The van der Waals surface area contributed by atoms with Crippen LogP contribution in [0, 0.1) is 0 Å². The van der Waals surface area contributed by atoms with Gasteiger partial charge in [0, 0.05) is 5.02 Å². The van der Waals surface area contributed by atoms with Crippen LogP contribution in [0.5, 0.6) is 5.75 Å². The molecule has 0 aromatic heterocycles. The molecular weight excluding hydrogens is 361 g/mol. The van der Waals surface area contributed by atoms with Crippen molar-refractivity contribution in [3.8, 4) is 5.75 Å². The second-order valence-electron chi connectivity index (χ2n) is 4.37. The second kappa shape index (κ2) is 7.54. The van der Waals surface area contributed by atoms with Crippen LogP contribution in [0.1, 0.15) is 0 Å². The minimum atomic E-state index is -3.77. The molecule has 0 bridgehead atoms. The van der Waals surface area contributed by atoms with Crippen LogP contribution in [0.4, 0.5) is 0 Å². The van der Waals surface area contributed by atoms with Gasteiger partial charge in [-0.15, -0.1) is 5.10 Å². The quantitative estimate of drug-likeness (QED) is 0.462. The maximum atomic E-state index is 12.0. The third kappa shape index (κ3) is 5.02. The lowest BCUT2D eigenvalue weighted by atomic mass is 10.3. The Labute approximate surface area is 143 Å². The van der Waals surface area contributed by atoms with Crippen LogP contribution in [0.2, 0.25) is 10.0 Å². The average Bonchev–Trinajstić information content (AvgIpc) is 2.53. The molecule has 0 saturated carbocycles. The highest BCUT2D eigenvalue weighted by Gasteiger charge is 2.12. The van der Waals surface area contributed by atoms with Crippen LogP contribution >= 0.6 is 23.2 Å². The third-order valence-electron chi connectivity index (χ3n) is 2.63. The Balaban J connectivity index is 1.98. The first-order valence-electron chi connectivity index (χ1n) is 6.35. The molecule has 0 radical (unpaired) electrons. The van der Waals surface area contributed by atoms with Gasteiger partial charge in [0.05, 0.1) is 9.92 Å². The summed E-state index contributed by atoms with van der Waals surface area (Å²) in [5.41, 5.74) is 5.62. The molecule has 0 heterocycles. The van der Waals surface area contributed by atoms with Gasteiger partial charge < -0.3 is 10.5 Å². The molecule has 0 aliphatic rings. The van der Waals surface area contributed by atoms with Crippen molar-refractivity contribution in [1.82, 2.24) is 4.83 Å². The maximum Gasteiger partial charge on any atom is 0.276 e. The van der Waals surface area contributed by atoms with Crippen molar-refractivity contribution in [2.45, 2.75) is 4.90 Å². The van der Waals surface area contributed by atoms with Crippen molar-refractivity contribution in [1.29, 1.82) is 0 Å². The molecule has 2 aromatic carbocycles. The minimum absolute atomic E-state index is 0.0597. The van der Waals surface area contributed by atoms with Crippen LogP contribution in [0.3, 0.4) is 0 Å². The molecule has 9 heteroatoms. The van der Waals surface area contributed by atoms with E-state index >= 15 is 0 Å². The van der Waals surface area contributed by atoms with E-state index in [4.69, 9.17) is 33.7 Å². The molecule has 3 N–H and O–H groups in total. The summed E-state index contributed by atoms with van der Waals surface area (Å²) in [5.74, 6) is 0.302. The van der Waals surface area contributed by atoms with Gasteiger partial charge >= 0.3 is 0 Å². The molecule has 0 saturated heterocycles. The summed E-state index contributed by atoms with van der Waals surface area (Å²) in [6, 6.07) is 12.5. The summed E-state index contributed by atoms with van der Waals surface area (Å²) in [6.07, 6.45) is 0. The summed E-state index contributed by atoms with van der Waals surface area (Å²) < 4.78 is 29.2. The number of hydrazone groups is 1. The Kier molecular flexibility index (Phi) is 5.70. The molecule has 2 aromatic rings. The first-order valence-corrected chi connectivity index (χ1v) is 8.59. The van der Waals surface area contributed by atoms with E-state index in [0.717, 1.165) is 0 Å². The van der Waals surface area contributed by atoms with Gasteiger partial charge in [0.15, 0.2) is 5.84 Å². The Morgan fingerprint density at radius 2 is 1.87 bits per heavy atom. The molecule has 0 spiro atoms. The number of ether oxygens (including phenoxy) is 1. The van der Waals surface area contributed by atoms with Gasteiger partial charge in [0.2, 0.25) is 0 Å². The fourth-order valence-corrected chi connectivity index (χ4v) is 2.87. The number of hydrogen-bond acceptors (Lipinski definition) is 4. The molecule has 0 amide bonds. The van der Waals surface area contributed by atoms with Crippen molar-refractivity contribution in [2.24, 2.45) is 10.8 Å². The third-order valence-corrected chi connectivity index (χ3v) is 4.39. The van der Waals surface area contributed by atoms with Crippen LogP contribution in [0.25, 0.3) is 0 Å². The molecule has 0 aliphatic heterocycles. The predicted molar refractivity (Wildman–Crippen MR) is 90.3 cm³/mol. The number of benzene rings is 2. The molecule has 0 aliphatic carbocycles. The van der Waals surface area contributed by atoms with Crippen LogP contribution < -0.4 is 15.3 Å². The standard InChI is InChI=1S/C14H13Cl2N3O3S/c15-10-6-7-13(12(16)8-10)22-9-14(17)18-19-23(20,21)11-4-2-1-3-5-11/h1-8,19H,9H2,(H2,17,18). The first kappa shape index (κ1) is 17.4. The smallest absolute Gasteiger partial charge is 0.276 e. The fourth-order valence-electron chi connectivity index (χ4n) is 1.55. The van der Waals surface area contributed by atoms with E-state index in [1.54, 1.807) is 30.3 Å². The van der Waals surface area contributed by atoms with E-state index in [1.165, 1.54) is 18.2 Å². The maximum absolute atomic E-state index is 12.0. The van der Waals surface area contributed by atoms with Crippen molar-refractivity contribution >= 4 is 39.1 Å². The van der Waals surface area contributed by atoms with Crippen molar-refractivity contribution in [2.75, 3.05) is 6.61 Å². The molecule has 6 nitrogen and oxygen atoms in total. The average molecular weight is 374 g/mol. The Bertz CT molecular complexity index is 811. The van der Waals surface area contributed by atoms with E-state index in [0.29, 0.717) is 15.8 Å². The number of sulfonamides is 1. The van der Waals surface area contributed by atoms with Crippen LogP contribution in [-0.2, 0) is 10.0 Å². The first-order chi connectivity index (χ1) is 10.9. The summed E-state index contributed by atoms with van der Waals surface area (Å²) in [5, 5.41) is 4.38. The van der Waals surface area contributed by atoms with E-state index in [-0.39, 0.29) is 17.3 Å². The lowest BCUT2D eigenvalue weighted by molar-refractivity contribution is 0.375. The summed E-state index contributed by atoms with van der Waals surface area (Å²) in [4.78, 5) is 2.12. The lowest BCUT2D eigenvalue weighted by Gasteiger charge is -2.08. The lowest BCUT2D eigenvalue weighted by Crippen LogP contribution is -2.27. The molecule has 2 rings (SSSR count). The zero-order valence-corrected chi connectivity index (χ0v) is 14.1. The second-order valence-corrected chi connectivity index (χ2v) is 6.88. The SMILES string of the molecule is NC(COc1ccc(Cl)cc1Cl)=NNS(=O)(=O)c1ccccc1. The highest BCUT2D eigenvalue weighted by molar-refractivity contribution is 7.89. The number of nitrogens with zero attached hydrogens (tertiary/aromatic N) is 1. The number of halogens is 2.